The second-order valence-corrected chi connectivity index (χ2v) is 15.4. The molecule has 1 aromatic carbocycles. The van der Waals surface area contributed by atoms with E-state index in [1.54, 1.807) is 5.51 Å². The van der Waals surface area contributed by atoms with Gasteiger partial charge >= 0.3 is 6.09 Å². The number of amides is 3. The highest BCUT2D eigenvalue weighted by Gasteiger charge is 2.49. The topological polar surface area (TPSA) is 197 Å². The smallest absolute Gasteiger partial charge is 0.405 e. The van der Waals surface area contributed by atoms with E-state index in [0.29, 0.717) is 43.1 Å². The van der Waals surface area contributed by atoms with Crippen LogP contribution in [0.1, 0.15) is 64.2 Å². The number of carboxylic acid groups (broad SMARTS) is 1. The third-order valence-electron chi connectivity index (χ3n) is 9.25. The molecule has 4 aliphatic rings. The molecule has 2 aliphatic carbocycles. The van der Waals surface area contributed by atoms with Gasteiger partial charge in [-0.3, -0.25) is 29.0 Å². The summed E-state index contributed by atoms with van der Waals surface area (Å²) in [7, 11) is -3.89. The number of Topliss-reactive ketones (excluding diaryl/α,β-unsaturated/α-hetero) is 1. The van der Waals surface area contributed by atoms with Gasteiger partial charge in [0.1, 0.15) is 5.52 Å². The number of fused-ring (bicyclic) bond motifs is 4. The Morgan fingerprint density at radius 1 is 1.06 bits per heavy atom. The van der Waals surface area contributed by atoms with Crippen molar-refractivity contribution < 1.29 is 37.4 Å². The molecule has 1 saturated carbocycles. The normalized spacial score (nSPS) is 25.3. The van der Waals surface area contributed by atoms with E-state index in [4.69, 9.17) is 9.72 Å². The van der Waals surface area contributed by atoms with Crippen molar-refractivity contribution in [3.05, 3.63) is 41.0 Å². The van der Waals surface area contributed by atoms with Crippen LogP contribution in [0.25, 0.3) is 21.1 Å². The highest BCUT2D eigenvalue weighted by Crippen LogP contribution is 2.39. The monoisotopic (exact) mass is 694 g/mol. The Bertz CT molecular complexity index is 1990. The molecule has 3 amide bonds. The quantitative estimate of drug-likeness (QED) is 0.342. The highest BCUT2D eigenvalue weighted by atomic mass is 32.2. The number of hydrogen-bond acceptors (Lipinski definition) is 11. The number of carbonyl (C=O) groups excluding carboxylic acids is 3. The number of allylic oxidation sites excluding steroid dienone is 2. The summed E-state index contributed by atoms with van der Waals surface area (Å²) in [6.07, 6.45) is 2.51. The van der Waals surface area contributed by atoms with Crippen LogP contribution >= 0.6 is 11.3 Å². The van der Waals surface area contributed by atoms with Gasteiger partial charge in [0.2, 0.25) is 27.7 Å². The fourth-order valence-electron chi connectivity index (χ4n) is 6.49. The summed E-state index contributed by atoms with van der Waals surface area (Å²) < 4.78 is 35.0. The number of nitrogens with zero attached hydrogens (tertiary/aromatic N) is 4. The lowest BCUT2D eigenvalue weighted by molar-refractivity contribution is -0.137. The fourth-order valence-corrected chi connectivity index (χ4v) is 8.66. The van der Waals surface area contributed by atoms with Gasteiger partial charge in [-0.25, -0.2) is 23.2 Å². The molecular weight excluding hydrogens is 661 g/mol. The van der Waals surface area contributed by atoms with Crippen molar-refractivity contribution in [2.75, 3.05) is 0 Å². The molecule has 4 atom stereocenters. The summed E-state index contributed by atoms with van der Waals surface area (Å²) in [5.74, 6) is -2.62. The van der Waals surface area contributed by atoms with Crippen LogP contribution < -0.4 is 14.8 Å². The van der Waals surface area contributed by atoms with E-state index < -0.39 is 57.4 Å². The van der Waals surface area contributed by atoms with Gasteiger partial charge < -0.3 is 15.2 Å². The van der Waals surface area contributed by atoms with Gasteiger partial charge in [0, 0.05) is 43.0 Å². The van der Waals surface area contributed by atoms with Crippen LogP contribution in [0, 0.1) is 5.92 Å². The van der Waals surface area contributed by atoms with Crippen molar-refractivity contribution in [3.63, 3.8) is 0 Å². The number of para-hydroxylation sites is 1. The van der Waals surface area contributed by atoms with Crippen LogP contribution in [0.2, 0.25) is 0 Å². The molecule has 0 spiro atoms. The van der Waals surface area contributed by atoms with Crippen molar-refractivity contribution in [3.8, 4) is 5.88 Å². The average molecular weight is 695 g/mol. The minimum atomic E-state index is -3.89. The summed E-state index contributed by atoms with van der Waals surface area (Å²) >= 11 is 1.40. The van der Waals surface area contributed by atoms with Gasteiger partial charge in [-0.15, -0.1) is 11.3 Å². The Hall–Kier alpha value is -4.44. The maximum absolute atomic E-state index is 13.9. The Kier molecular flexibility index (Phi) is 8.62. The molecule has 14 nitrogen and oxygen atoms in total. The Balaban J connectivity index is 1.28. The molecule has 3 N–H and O–H groups in total. The van der Waals surface area contributed by atoms with E-state index in [-0.39, 0.29) is 30.9 Å². The molecule has 0 radical (unpaired) electrons. The molecular formula is C32H34N6O8S2. The zero-order valence-electron chi connectivity index (χ0n) is 25.8. The lowest BCUT2D eigenvalue weighted by Gasteiger charge is -2.33. The summed E-state index contributed by atoms with van der Waals surface area (Å²) in [4.78, 5) is 67.7. The van der Waals surface area contributed by atoms with E-state index in [1.165, 1.54) is 22.5 Å². The second kappa shape index (κ2) is 12.9. The number of rotatable bonds is 6. The first-order chi connectivity index (χ1) is 23.1. The predicted octanol–water partition coefficient (Wildman–Crippen LogP) is 3.66. The number of aliphatic imine (C=N–C) groups is 1. The maximum Gasteiger partial charge on any atom is 0.405 e. The molecule has 3 aromatic rings. The molecule has 7 rings (SSSR count). The maximum atomic E-state index is 13.9. The minimum absolute atomic E-state index is 0.0600. The van der Waals surface area contributed by atoms with Crippen molar-refractivity contribution in [2.45, 2.75) is 87.8 Å². The summed E-state index contributed by atoms with van der Waals surface area (Å²) in [5.41, 5.74) is 4.67. The van der Waals surface area contributed by atoms with Crippen LogP contribution in [0.4, 0.5) is 4.79 Å². The van der Waals surface area contributed by atoms with Crippen molar-refractivity contribution in [2.24, 2.45) is 10.9 Å². The molecule has 2 fully saturated rings. The van der Waals surface area contributed by atoms with Crippen LogP contribution in [0.3, 0.4) is 0 Å². The van der Waals surface area contributed by atoms with Crippen LogP contribution in [-0.4, -0.2) is 81.9 Å². The largest absolute Gasteiger partial charge is 0.465 e. The molecule has 1 saturated heterocycles. The first-order valence-electron chi connectivity index (χ1n) is 16.0. The lowest BCUT2D eigenvalue weighted by atomic mass is 9.99. The number of ether oxygens (including phenoxy) is 1. The third kappa shape index (κ3) is 6.63. The molecule has 0 bridgehead atoms. The predicted molar refractivity (Wildman–Crippen MR) is 176 cm³/mol. The number of pyridine rings is 1. The molecule has 2 aromatic heterocycles. The second-order valence-electron chi connectivity index (χ2n) is 12.6. The van der Waals surface area contributed by atoms with Gasteiger partial charge in [0.25, 0.3) is 0 Å². The molecule has 252 valence electrons. The van der Waals surface area contributed by atoms with Crippen LogP contribution in [0.5, 0.6) is 5.88 Å². The SMILES string of the molecule is O=C(O)N[C@H]1CCCCC2=C(C2)N=C[C@@H]2[C@@H](C(=O)NS(=O)(=O)C3CC3)CC(=O)N2[C@H](Oc2nc3ccccc3c3scnc23)CCC1=O. The minimum Gasteiger partial charge on any atom is -0.465 e. The first kappa shape index (κ1) is 32.1. The third-order valence-corrected chi connectivity index (χ3v) is 11.9. The van der Waals surface area contributed by atoms with Gasteiger partial charge in [0.05, 0.1) is 39.0 Å². The highest BCUT2D eigenvalue weighted by molar-refractivity contribution is 7.90. The van der Waals surface area contributed by atoms with Crippen molar-refractivity contribution >= 4 is 72.4 Å². The number of ketones is 1. The lowest BCUT2D eigenvalue weighted by Crippen LogP contribution is -2.50. The Morgan fingerprint density at radius 3 is 2.67 bits per heavy atom. The average Bonchev–Trinajstić information content (AvgIpc) is 3.96. The molecule has 16 heteroatoms. The number of thiazole rings is 1. The Labute approximate surface area is 279 Å². The number of hydrogen-bond donors (Lipinski definition) is 3. The molecule has 48 heavy (non-hydrogen) atoms. The summed E-state index contributed by atoms with van der Waals surface area (Å²) in [6, 6.07) is 5.52. The number of carbonyl (C=O) groups is 4. The van der Waals surface area contributed by atoms with E-state index >= 15 is 0 Å². The van der Waals surface area contributed by atoms with Gasteiger partial charge in [-0.1, -0.05) is 24.6 Å². The van der Waals surface area contributed by atoms with Crippen molar-refractivity contribution in [1.82, 2.24) is 24.9 Å². The zero-order valence-corrected chi connectivity index (χ0v) is 27.5. The van der Waals surface area contributed by atoms with E-state index in [0.717, 1.165) is 34.2 Å². The Morgan fingerprint density at radius 2 is 1.88 bits per heavy atom. The van der Waals surface area contributed by atoms with E-state index in [9.17, 15) is 32.7 Å². The summed E-state index contributed by atoms with van der Waals surface area (Å²) in [5, 5.41) is 12.0. The molecule has 0 unspecified atom stereocenters. The first-order valence-corrected chi connectivity index (χ1v) is 18.4. The standard InChI is InChI=1S/C32H34N6O8S2/c39-25-11-12-27(46-31-28-29(47-16-34-28)19-6-2-4-7-21(19)35-31)38-24(20(14-26(38)40)30(41)37-48(44,45)18-9-10-18)15-33-23-13-17(23)5-1-3-8-22(25)36-32(42)43/h2,4,6-7,15-16,18,20,22,24,27,36H,1,3,5,8-14H2,(H,37,41)(H,42,43)/t20-,22-,24+,27+/m0/s1. The number of benzene rings is 1. The van der Waals surface area contributed by atoms with Gasteiger partial charge in [-0.05, 0) is 43.7 Å². The van der Waals surface area contributed by atoms with Gasteiger partial charge in [0.15, 0.2) is 12.0 Å². The van der Waals surface area contributed by atoms with E-state index in [2.05, 4.69) is 20.0 Å². The number of aromatic nitrogens is 2. The summed E-state index contributed by atoms with van der Waals surface area (Å²) in [6.45, 7) is 0. The molecule has 2 aliphatic heterocycles. The van der Waals surface area contributed by atoms with Crippen LogP contribution in [0.15, 0.2) is 46.0 Å². The molecule has 4 heterocycles. The van der Waals surface area contributed by atoms with E-state index in [1.807, 2.05) is 24.3 Å². The van der Waals surface area contributed by atoms with Crippen LogP contribution in [-0.2, 0) is 24.4 Å². The van der Waals surface area contributed by atoms with Crippen molar-refractivity contribution in [1.29, 1.82) is 0 Å². The zero-order chi connectivity index (χ0) is 33.6. The fraction of sp³-hybridized carbons (Fsp3) is 0.469. The number of nitrogens with one attached hydrogen (secondary N) is 2. The number of sulfonamides is 1. The van der Waals surface area contributed by atoms with Gasteiger partial charge in [-0.2, -0.15) is 0 Å².